The minimum absolute atomic E-state index is 0.0172. The molecule has 1 aliphatic heterocycles. The zero-order chi connectivity index (χ0) is 24.8. The maximum atomic E-state index is 12.8. The molecule has 1 saturated heterocycles. The van der Waals surface area contributed by atoms with Gasteiger partial charge in [0.15, 0.2) is 0 Å². The van der Waals surface area contributed by atoms with E-state index in [0.29, 0.717) is 17.9 Å². The maximum absolute atomic E-state index is 12.8. The van der Waals surface area contributed by atoms with Crippen LogP contribution in [0.25, 0.3) is 0 Å². The number of nitrogens with two attached hydrogens (primary N) is 1. The summed E-state index contributed by atoms with van der Waals surface area (Å²) in [6.45, 7) is 6.81. The Morgan fingerprint density at radius 3 is 2.54 bits per heavy atom. The molecule has 0 radical (unpaired) electrons. The van der Waals surface area contributed by atoms with Crippen molar-refractivity contribution in [3.05, 3.63) is 76.7 Å². The molecule has 0 saturated carbocycles. The van der Waals surface area contributed by atoms with Gasteiger partial charge in [-0.1, -0.05) is 23.4 Å². The molecule has 8 nitrogen and oxygen atoms in total. The molecule has 0 spiro atoms. The number of nitrogens with zero attached hydrogens (tertiary/aromatic N) is 2. The number of rotatable bonds is 9. The first-order valence-electron chi connectivity index (χ1n) is 12.0. The van der Waals surface area contributed by atoms with Gasteiger partial charge in [-0.05, 0) is 82.1 Å². The van der Waals surface area contributed by atoms with Crippen LogP contribution in [-0.2, 0) is 17.8 Å². The van der Waals surface area contributed by atoms with Crippen LogP contribution in [0.4, 0.5) is 5.69 Å². The third-order valence-corrected chi connectivity index (χ3v) is 6.58. The molecular formula is C27H32N4O4. The van der Waals surface area contributed by atoms with Crippen molar-refractivity contribution in [3.63, 3.8) is 0 Å². The van der Waals surface area contributed by atoms with Gasteiger partial charge in [-0.3, -0.25) is 9.59 Å². The Labute approximate surface area is 205 Å². The molecule has 2 amide bonds. The molecule has 0 aliphatic carbocycles. The summed E-state index contributed by atoms with van der Waals surface area (Å²) in [5, 5.41) is 6.88. The minimum atomic E-state index is -0.196. The van der Waals surface area contributed by atoms with E-state index in [0.717, 1.165) is 61.6 Å². The van der Waals surface area contributed by atoms with E-state index in [9.17, 15) is 9.59 Å². The molecule has 35 heavy (non-hydrogen) atoms. The normalized spacial score (nSPS) is 14.6. The number of likely N-dealkylation sites (tertiary alicyclic amines) is 1. The monoisotopic (exact) mass is 476 g/mol. The van der Waals surface area contributed by atoms with Crippen LogP contribution in [0.2, 0.25) is 0 Å². The van der Waals surface area contributed by atoms with Crippen LogP contribution < -0.4 is 15.8 Å². The van der Waals surface area contributed by atoms with Gasteiger partial charge in [0.05, 0.1) is 11.3 Å². The molecule has 0 bridgehead atoms. The minimum Gasteiger partial charge on any atom is -0.489 e. The smallest absolute Gasteiger partial charge is 0.255 e. The highest BCUT2D eigenvalue weighted by molar-refractivity contribution is 6.04. The zero-order valence-corrected chi connectivity index (χ0v) is 20.3. The number of anilines is 1. The molecule has 3 aromatic rings. The number of hydrogen-bond acceptors (Lipinski definition) is 6. The number of nitrogens with one attached hydrogen (secondary N) is 1. The second-order valence-electron chi connectivity index (χ2n) is 9.04. The number of benzene rings is 2. The van der Waals surface area contributed by atoms with Crippen molar-refractivity contribution >= 4 is 17.5 Å². The lowest BCUT2D eigenvalue weighted by atomic mass is 9.96. The molecule has 4 rings (SSSR count). The van der Waals surface area contributed by atoms with E-state index in [1.807, 2.05) is 44.2 Å². The van der Waals surface area contributed by atoms with Gasteiger partial charge in [-0.25, -0.2) is 0 Å². The molecule has 2 heterocycles. The number of ether oxygens (including phenoxy) is 1. The summed E-state index contributed by atoms with van der Waals surface area (Å²) in [6, 6.07) is 15.0. The van der Waals surface area contributed by atoms with Crippen molar-refractivity contribution in [1.29, 1.82) is 0 Å². The summed E-state index contributed by atoms with van der Waals surface area (Å²) in [5.74, 6) is 0.972. The van der Waals surface area contributed by atoms with Crippen LogP contribution in [0.15, 0.2) is 53.1 Å². The third-order valence-electron chi connectivity index (χ3n) is 6.58. The fraction of sp³-hybridized carbons (Fsp3) is 0.370. The number of hydrogen-bond donors (Lipinski definition) is 2. The molecule has 184 valence electrons. The van der Waals surface area contributed by atoms with Crippen LogP contribution in [0.5, 0.6) is 5.75 Å². The van der Waals surface area contributed by atoms with E-state index >= 15 is 0 Å². The molecular weight excluding hydrogens is 444 g/mol. The highest BCUT2D eigenvalue weighted by Crippen LogP contribution is 2.20. The van der Waals surface area contributed by atoms with Gasteiger partial charge >= 0.3 is 0 Å². The van der Waals surface area contributed by atoms with Crippen LogP contribution in [0.3, 0.4) is 0 Å². The van der Waals surface area contributed by atoms with Crippen LogP contribution in [0.1, 0.15) is 45.8 Å². The first kappa shape index (κ1) is 24.5. The topological polar surface area (TPSA) is 111 Å². The van der Waals surface area contributed by atoms with Crippen molar-refractivity contribution in [1.82, 2.24) is 10.1 Å². The molecule has 0 unspecified atom stereocenters. The lowest BCUT2D eigenvalue weighted by molar-refractivity contribution is -0.123. The number of carbonyl (C=O) groups excluding carboxylic acids is 2. The second kappa shape index (κ2) is 11.2. The van der Waals surface area contributed by atoms with Crippen molar-refractivity contribution in [3.8, 4) is 5.75 Å². The predicted octanol–water partition coefficient (Wildman–Crippen LogP) is 3.86. The summed E-state index contributed by atoms with van der Waals surface area (Å²) in [4.78, 5) is 26.5. The standard InChI is InChI=1S/C27H32N4O4/c1-18-25(19(2)35-30-18)17-34-24-5-3-4-22(16-24)27(33)29-23-8-6-20(7-9-23)10-13-31-14-11-21(12-15-31)26(28)32/h3-9,16,21H,10-15,17H2,1-2H3,(H2,28,32)(H,29,33). The second-order valence-corrected chi connectivity index (χ2v) is 9.04. The summed E-state index contributed by atoms with van der Waals surface area (Å²) < 4.78 is 11.0. The fourth-order valence-electron chi connectivity index (χ4n) is 4.28. The SMILES string of the molecule is Cc1noc(C)c1COc1cccc(C(=O)Nc2ccc(CCN3CCC(C(N)=O)CC3)cc2)c1. The Morgan fingerprint density at radius 1 is 1.14 bits per heavy atom. The van der Waals surface area contributed by atoms with Gasteiger partial charge in [0.2, 0.25) is 5.91 Å². The predicted molar refractivity (Wildman–Crippen MR) is 133 cm³/mol. The molecule has 8 heteroatoms. The Hall–Kier alpha value is -3.65. The fourth-order valence-corrected chi connectivity index (χ4v) is 4.28. The number of primary amides is 1. The van der Waals surface area contributed by atoms with E-state index in [1.54, 1.807) is 18.2 Å². The molecule has 3 N–H and O–H groups in total. The Kier molecular flexibility index (Phi) is 7.82. The Balaban J connectivity index is 1.27. The molecule has 1 aliphatic rings. The number of aromatic nitrogens is 1. The van der Waals surface area contributed by atoms with Gasteiger partial charge in [-0.15, -0.1) is 0 Å². The Bertz CT molecular complexity index is 1140. The first-order chi connectivity index (χ1) is 16.9. The largest absolute Gasteiger partial charge is 0.489 e. The lowest BCUT2D eigenvalue weighted by Gasteiger charge is -2.30. The molecule has 0 atom stereocenters. The summed E-state index contributed by atoms with van der Waals surface area (Å²) in [5.41, 5.74) is 9.58. The van der Waals surface area contributed by atoms with Crippen LogP contribution >= 0.6 is 0 Å². The number of amides is 2. The van der Waals surface area contributed by atoms with Crippen molar-refractivity contribution in [2.75, 3.05) is 25.0 Å². The maximum Gasteiger partial charge on any atom is 0.255 e. The van der Waals surface area contributed by atoms with Crippen LogP contribution in [0, 0.1) is 19.8 Å². The van der Waals surface area contributed by atoms with Gasteiger partial charge in [0.1, 0.15) is 18.1 Å². The zero-order valence-electron chi connectivity index (χ0n) is 20.3. The van der Waals surface area contributed by atoms with Crippen molar-refractivity contribution < 1.29 is 18.8 Å². The average Bonchev–Trinajstić information content (AvgIpc) is 3.19. The molecule has 1 aromatic heterocycles. The van der Waals surface area contributed by atoms with Gasteiger partial charge in [0.25, 0.3) is 5.91 Å². The number of carbonyl (C=O) groups is 2. The van der Waals surface area contributed by atoms with Gasteiger partial charge < -0.3 is 25.2 Å². The first-order valence-corrected chi connectivity index (χ1v) is 12.0. The van der Waals surface area contributed by atoms with E-state index < -0.39 is 0 Å². The number of piperidine rings is 1. The summed E-state index contributed by atoms with van der Waals surface area (Å²) >= 11 is 0. The summed E-state index contributed by atoms with van der Waals surface area (Å²) in [7, 11) is 0. The van der Waals surface area contributed by atoms with E-state index in [2.05, 4.69) is 15.4 Å². The van der Waals surface area contributed by atoms with Crippen molar-refractivity contribution in [2.45, 2.75) is 39.7 Å². The Morgan fingerprint density at radius 2 is 1.89 bits per heavy atom. The van der Waals surface area contributed by atoms with E-state index in [-0.39, 0.29) is 17.7 Å². The van der Waals surface area contributed by atoms with E-state index in [1.165, 1.54) is 5.56 Å². The highest BCUT2D eigenvalue weighted by Gasteiger charge is 2.22. The third kappa shape index (κ3) is 6.48. The average molecular weight is 477 g/mol. The molecule has 1 fully saturated rings. The quantitative estimate of drug-likeness (QED) is 0.485. The highest BCUT2D eigenvalue weighted by atomic mass is 16.5. The molecule has 2 aromatic carbocycles. The van der Waals surface area contributed by atoms with Gasteiger partial charge in [0, 0.05) is 23.7 Å². The number of aryl methyl sites for hydroxylation is 2. The summed E-state index contributed by atoms with van der Waals surface area (Å²) in [6.07, 6.45) is 2.60. The van der Waals surface area contributed by atoms with Crippen LogP contribution in [-0.4, -0.2) is 41.5 Å². The van der Waals surface area contributed by atoms with E-state index in [4.69, 9.17) is 15.0 Å². The van der Waals surface area contributed by atoms with Gasteiger partial charge in [-0.2, -0.15) is 0 Å². The van der Waals surface area contributed by atoms with Crippen molar-refractivity contribution in [2.24, 2.45) is 11.7 Å². The lowest BCUT2D eigenvalue weighted by Crippen LogP contribution is -2.39.